The van der Waals surface area contributed by atoms with Gasteiger partial charge in [-0.1, -0.05) is 17.3 Å². The van der Waals surface area contributed by atoms with E-state index in [2.05, 4.69) is 20.4 Å². The number of hydrogen-bond acceptors (Lipinski definition) is 7. The van der Waals surface area contributed by atoms with Gasteiger partial charge < -0.3 is 30.0 Å². The smallest absolute Gasteiger partial charge is 0.316 e. The standard InChI is InChI=1S/C22H21N5O5/c1-30-14-6-7-17-16(10-14)13(11-25-17)8-9-24-21(29)22-26-19(27-32-22)12-31-18-5-3-2-4-15(18)20(23)28/h2-7,10-11,25H,8-9,12H2,1H3,(H2,23,28)(H,24,29). The number of amides is 2. The molecule has 10 heteroatoms. The number of primary amides is 1. The largest absolute Gasteiger partial charge is 0.497 e. The van der Waals surface area contributed by atoms with Crippen LogP contribution in [0.25, 0.3) is 10.9 Å². The molecular weight excluding hydrogens is 414 g/mol. The molecule has 0 aliphatic heterocycles. The molecule has 0 atom stereocenters. The van der Waals surface area contributed by atoms with Crippen molar-refractivity contribution >= 4 is 22.7 Å². The molecule has 0 unspecified atom stereocenters. The van der Waals surface area contributed by atoms with Crippen LogP contribution in [0.4, 0.5) is 0 Å². The third kappa shape index (κ3) is 4.53. The Hall–Kier alpha value is -4.34. The van der Waals surface area contributed by atoms with Crippen molar-refractivity contribution in [3.05, 3.63) is 71.5 Å². The van der Waals surface area contributed by atoms with Crippen LogP contribution < -0.4 is 20.5 Å². The van der Waals surface area contributed by atoms with Crippen molar-refractivity contribution in [3.8, 4) is 11.5 Å². The van der Waals surface area contributed by atoms with E-state index in [1.165, 1.54) is 0 Å². The van der Waals surface area contributed by atoms with Crippen LogP contribution in [0.2, 0.25) is 0 Å². The van der Waals surface area contributed by atoms with Gasteiger partial charge in [0.05, 0.1) is 12.7 Å². The van der Waals surface area contributed by atoms with Crippen LogP contribution in [0, 0.1) is 0 Å². The number of nitrogens with two attached hydrogens (primary N) is 1. The number of benzene rings is 2. The molecule has 2 aromatic heterocycles. The summed E-state index contributed by atoms with van der Waals surface area (Å²) in [6.07, 6.45) is 2.51. The third-order valence-corrected chi connectivity index (χ3v) is 4.83. The first kappa shape index (κ1) is 20.9. The quantitative estimate of drug-likeness (QED) is 0.365. The summed E-state index contributed by atoms with van der Waals surface area (Å²) in [7, 11) is 1.62. The highest BCUT2D eigenvalue weighted by Gasteiger charge is 2.16. The maximum atomic E-state index is 12.3. The first-order valence-electron chi connectivity index (χ1n) is 9.81. The maximum absolute atomic E-state index is 12.3. The molecule has 0 aliphatic carbocycles. The van der Waals surface area contributed by atoms with Crippen LogP contribution in [0.5, 0.6) is 11.5 Å². The van der Waals surface area contributed by atoms with Crippen molar-refractivity contribution in [1.29, 1.82) is 0 Å². The highest BCUT2D eigenvalue weighted by Crippen LogP contribution is 2.23. The lowest BCUT2D eigenvalue weighted by Gasteiger charge is -2.06. The topological polar surface area (TPSA) is 145 Å². The van der Waals surface area contributed by atoms with E-state index in [0.29, 0.717) is 18.7 Å². The average molecular weight is 435 g/mol. The zero-order chi connectivity index (χ0) is 22.5. The number of hydrogen-bond donors (Lipinski definition) is 3. The van der Waals surface area contributed by atoms with E-state index in [0.717, 1.165) is 22.2 Å². The van der Waals surface area contributed by atoms with Crippen LogP contribution in [0.3, 0.4) is 0 Å². The number of para-hydroxylation sites is 1. The Morgan fingerprint density at radius 1 is 1.22 bits per heavy atom. The van der Waals surface area contributed by atoms with E-state index in [1.807, 2.05) is 24.4 Å². The van der Waals surface area contributed by atoms with Crippen molar-refractivity contribution in [2.45, 2.75) is 13.0 Å². The summed E-state index contributed by atoms with van der Waals surface area (Å²) in [5.74, 6) is -0.0423. The van der Waals surface area contributed by atoms with Gasteiger partial charge in [0.1, 0.15) is 11.5 Å². The van der Waals surface area contributed by atoms with Crippen molar-refractivity contribution < 1.29 is 23.6 Å². The molecule has 0 saturated carbocycles. The third-order valence-electron chi connectivity index (χ3n) is 4.83. The number of ether oxygens (including phenoxy) is 2. The lowest BCUT2D eigenvalue weighted by atomic mass is 10.1. The number of rotatable bonds is 9. The van der Waals surface area contributed by atoms with Gasteiger partial charge in [0, 0.05) is 23.6 Å². The van der Waals surface area contributed by atoms with Gasteiger partial charge in [0.2, 0.25) is 5.82 Å². The summed E-state index contributed by atoms with van der Waals surface area (Å²) in [5.41, 5.74) is 7.60. The van der Waals surface area contributed by atoms with Crippen molar-refractivity contribution in [3.63, 3.8) is 0 Å². The van der Waals surface area contributed by atoms with Gasteiger partial charge in [-0.15, -0.1) is 0 Å². The van der Waals surface area contributed by atoms with Gasteiger partial charge in [0.25, 0.3) is 5.91 Å². The second-order valence-corrected chi connectivity index (χ2v) is 6.90. The zero-order valence-electron chi connectivity index (χ0n) is 17.3. The molecule has 4 aromatic rings. The fourth-order valence-corrected chi connectivity index (χ4v) is 3.22. The number of carbonyl (C=O) groups is 2. The van der Waals surface area contributed by atoms with Crippen LogP contribution >= 0.6 is 0 Å². The fraction of sp³-hybridized carbons (Fsp3) is 0.182. The Labute approximate surface area is 182 Å². The Kier molecular flexibility index (Phi) is 6.02. The van der Waals surface area contributed by atoms with E-state index >= 15 is 0 Å². The average Bonchev–Trinajstić information content (AvgIpc) is 3.44. The minimum atomic E-state index is -0.609. The van der Waals surface area contributed by atoms with Gasteiger partial charge in [-0.05, 0) is 42.3 Å². The van der Waals surface area contributed by atoms with Crippen LogP contribution in [0.1, 0.15) is 32.4 Å². The van der Waals surface area contributed by atoms with Crippen LogP contribution in [-0.2, 0) is 13.0 Å². The number of carbonyl (C=O) groups excluding carboxylic acids is 2. The minimum absolute atomic E-state index is 0.0851. The predicted molar refractivity (Wildman–Crippen MR) is 114 cm³/mol. The van der Waals surface area contributed by atoms with Gasteiger partial charge in [-0.2, -0.15) is 4.98 Å². The van der Waals surface area contributed by atoms with E-state index < -0.39 is 11.8 Å². The Morgan fingerprint density at radius 2 is 2.06 bits per heavy atom. The molecule has 32 heavy (non-hydrogen) atoms. The number of methoxy groups -OCH3 is 1. The molecule has 164 valence electrons. The highest BCUT2D eigenvalue weighted by molar-refractivity contribution is 5.95. The molecular formula is C22H21N5O5. The number of nitrogens with zero attached hydrogens (tertiary/aromatic N) is 2. The predicted octanol–water partition coefficient (Wildman–Crippen LogP) is 2.21. The molecule has 0 spiro atoms. The Morgan fingerprint density at radius 3 is 2.88 bits per heavy atom. The highest BCUT2D eigenvalue weighted by atomic mass is 16.5. The van der Waals surface area contributed by atoms with Gasteiger partial charge in [-0.25, -0.2) is 0 Å². The van der Waals surface area contributed by atoms with E-state index in [1.54, 1.807) is 31.4 Å². The lowest BCUT2D eigenvalue weighted by Crippen LogP contribution is -2.26. The summed E-state index contributed by atoms with van der Waals surface area (Å²) in [4.78, 5) is 31.0. The van der Waals surface area contributed by atoms with Crippen molar-refractivity contribution in [1.82, 2.24) is 20.4 Å². The summed E-state index contributed by atoms with van der Waals surface area (Å²) < 4.78 is 15.8. The van der Waals surface area contributed by atoms with Crippen LogP contribution in [0.15, 0.2) is 53.2 Å². The number of aromatic amines is 1. The minimum Gasteiger partial charge on any atom is -0.497 e. The SMILES string of the molecule is COc1ccc2[nH]cc(CCNC(=O)c3nc(COc4ccccc4C(N)=O)no3)c2c1. The molecule has 2 aromatic carbocycles. The first-order chi connectivity index (χ1) is 15.5. The summed E-state index contributed by atoms with van der Waals surface area (Å²) >= 11 is 0. The van der Waals surface area contributed by atoms with Gasteiger partial charge in [0.15, 0.2) is 6.61 Å². The molecule has 2 amide bonds. The molecule has 0 fully saturated rings. The molecule has 0 radical (unpaired) electrons. The summed E-state index contributed by atoms with van der Waals surface area (Å²) in [5, 5.41) is 7.53. The lowest BCUT2D eigenvalue weighted by molar-refractivity contribution is 0.0909. The number of H-pyrrole nitrogens is 1. The summed E-state index contributed by atoms with van der Waals surface area (Å²) in [6, 6.07) is 12.3. The van der Waals surface area contributed by atoms with E-state index in [-0.39, 0.29) is 23.9 Å². The zero-order valence-corrected chi connectivity index (χ0v) is 17.3. The molecule has 0 bridgehead atoms. The number of nitrogens with one attached hydrogen (secondary N) is 2. The second kappa shape index (κ2) is 9.21. The molecule has 10 nitrogen and oxygen atoms in total. The maximum Gasteiger partial charge on any atom is 0.316 e. The monoisotopic (exact) mass is 435 g/mol. The van der Waals surface area contributed by atoms with Crippen molar-refractivity contribution in [2.24, 2.45) is 5.73 Å². The van der Waals surface area contributed by atoms with Crippen LogP contribution in [-0.4, -0.2) is 40.6 Å². The number of aromatic nitrogens is 3. The number of fused-ring (bicyclic) bond motifs is 1. The van der Waals surface area contributed by atoms with Gasteiger partial charge in [-0.3, -0.25) is 9.59 Å². The molecule has 4 rings (SSSR count). The molecule has 0 aliphatic rings. The fourth-order valence-electron chi connectivity index (χ4n) is 3.22. The first-order valence-corrected chi connectivity index (χ1v) is 9.81. The Bertz CT molecular complexity index is 1260. The Balaban J connectivity index is 1.32. The molecule has 2 heterocycles. The van der Waals surface area contributed by atoms with Gasteiger partial charge >= 0.3 is 11.8 Å². The second-order valence-electron chi connectivity index (χ2n) is 6.90. The normalized spacial score (nSPS) is 10.8. The summed E-state index contributed by atoms with van der Waals surface area (Å²) in [6.45, 7) is 0.293. The van der Waals surface area contributed by atoms with Crippen molar-refractivity contribution in [2.75, 3.05) is 13.7 Å². The van der Waals surface area contributed by atoms with E-state index in [4.69, 9.17) is 19.7 Å². The molecule has 0 saturated heterocycles. The molecule has 4 N–H and O–H groups in total. The van der Waals surface area contributed by atoms with E-state index in [9.17, 15) is 9.59 Å².